The Kier molecular flexibility index (Phi) is 31.2. The Bertz CT molecular complexity index is 7700. The molecule has 9 aromatic carbocycles. The second-order valence-corrected chi connectivity index (χ2v) is 35.5. The van der Waals surface area contributed by atoms with Gasteiger partial charge in [0.15, 0.2) is 46.0 Å². The predicted octanol–water partition coefficient (Wildman–Crippen LogP) is 28.6. The third-order valence-corrected chi connectivity index (χ3v) is 27.3. The molecular formula is C122H113N9O12Pd2. The number of fused-ring (bicyclic) bond motifs is 17. The van der Waals surface area contributed by atoms with Crippen molar-refractivity contribution < 1.29 is 97.7 Å². The van der Waals surface area contributed by atoms with Gasteiger partial charge >= 0.3 is 40.8 Å². The Balaban J connectivity index is 0.00000720. The molecule has 15 aromatic rings. The Hall–Kier alpha value is -15.4. The summed E-state index contributed by atoms with van der Waals surface area (Å²) in [4.78, 5) is 47.8. The van der Waals surface area contributed by atoms with Crippen LogP contribution in [-0.2, 0) is 46.3 Å². The van der Waals surface area contributed by atoms with Gasteiger partial charge in [0.2, 0.25) is 23.0 Å². The molecule has 0 atom stereocenters. The quantitative estimate of drug-likeness (QED) is 0.0270. The molecule has 0 fully saturated rings. The van der Waals surface area contributed by atoms with Gasteiger partial charge in [0.05, 0.1) is 125 Å². The van der Waals surface area contributed by atoms with Crippen LogP contribution in [0.4, 0.5) is 17.1 Å². The number of aromatic nitrogens is 8. The summed E-state index contributed by atoms with van der Waals surface area (Å²) in [5, 5.41) is 0. The van der Waals surface area contributed by atoms with E-state index in [1.807, 2.05) is 110 Å². The molecule has 3 aliphatic heterocycles. The monoisotopic (exact) mass is 2110 g/mol. The van der Waals surface area contributed by atoms with Gasteiger partial charge in [0.1, 0.15) is 0 Å². The van der Waals surface area contributed by atoms with Crippen molar-refractivity contribution in [2.24, 2.45) is 0 Å². The zero-order valence-corrected chi connectivity index (χ0v) is 87.0. The fourth-order valence-electron chi connectivity index (χ4n) is 20.6. The molecule has 19 rings (SSSR count). The second kappa shape index (κ2) is 44.7. The SMILES string of the molecule is C=Cc1nc(C)c(/C=C/c2ccc(N(c3ccccc3)c3ccccc3)cc2)c2ccc([n-]2)c(-c2cc(OC)c(OC)c(OC)c2)c2nc(c(-c3ccc4c(c3)C(CCCCCC)(CCCCCC)c3cc(-c5c6nc(c(-c7cc(OC)c(OC)c(OC)c7)c7ccc(cc8nc(c(-c9cc(OC)c(OC)c(OC)c9)c9ccc5[n-]9)C=C8)[n-]7)C=C6)ccc3-4)c3ccc([n-]3)c1-c1cc(OC)c(OC)c(OC)c1)C=C2.[Pd+2].[Pd+2]. The van der Waals surface area contributed by atoms with Crippen molar-refractivity contribution >= 4 is 116 Å². The maximum absolute atomic E-state index is 6.19. The molecule has 738 valence electrons. The van der Waals surface area contributed by atoms with Crippen LogP contribution in [0.25, 0.3) is 177 Å². The van der Waals surface area contributed by atoms with E-state index in [1.54, 1.807) is 91.4 Å². The minimum absolute atomic E-state index is 0. The number of para-hydroxylation sites is 2. The number of benzene rings is 9. The molecule has 4 aliphatic rings. The first-order chi connectivity index (χ1) is 70.1. The van der Waals surface area contributed by atoms with Gasteiger partial charge in [0, 0.05) is 28.2 Å². The molecule has 0 unspecified atom stereocenters. The first-order valence-corrected chi connectivity index (χ1v) is 48.3. The maximum atomic E-state index is 6.19. The van der Waals surface area contributed by atoms with Crippen LogP contribution in [0, 0.1) is 6.92 Å². The molecule has 21 nitrogen and oxygen atoms in total. The summed E-state index contributed by atoms with van der Waals surface area (Å²) < 4.78 is 72.9. The third-order valence-electron chi connectivity index (χ3n) is 27.3. The zero-order valence-electron chi connectivity index (χ0n) is 83.9. The van der Waals surface area contributed by atoms with E-state index in [0.717, 1.165) is 148 Å². The first kappa shape index (κ1) is 101. The number of rotatable bonds is 34. The van der Waals surface area contributed by atoms with Crippen LogP contribution < -0.4 is 81.7 Å². The number of anilines is 3. The summed E-state index contributed by atoms with van der Waals surface area (Å²) in [5.74, 6) is 5.47. The average Bonchev–Trinajstić information content (AvgIpc) is 1.55. The van der Waals surface area contributed by atoms with Crippen molar-refractivity contribution in [3.05, 3.63) is 299 Å². The molecule has 23 heteroatoms. The van der Waals surface area contributed by atoms with Gasteiger partial charge in [-0.1, -0.05) is 211 Å². The molecule has 1 aliphatic carbocycles. The van der Waals surface area contributed by atoms with E-state index < -0.39 is 5.41 Å². The normalized spacial score (nSPS) is 12.1. The Labute approximate surface area is 873 Å². The first-order valence-electron chi connectivity index (χ1n) is 48.3. The van der Waals surface area contributed by atoms with Gasteiger partial charge < -0.3 is 81.7 Å². The molecule has 145 heavy (non-hydrogen) atoms. The molecule has 0 saturated heterocycles. The standard InChI is InChI=1S/C122H113N9O12.2Pd/c1-17-20-22-30-60-122(61-31-23-21-18-2)89-62-75(39-46-87(89)88-47-40-76(63-90(88)122)113-96-53-57-101(128-96)115(78-66-106(134-7)119(141-14)107(67-78)135-8)93-48-41-81(124-93)72-82-42-49-94(125-82)116(102-58-54-97(113)129-102)79-68-108(136-9)120(142-15)109(69-79)137-10)112-95-52-56-99(127-95)114(77-64-104(132-5)118(140-13)105(65-77)133-6)91(19-3)123-73(4)86(45-38-74-36-43-85(44-37-74)131(83-32-26-24-27-33-83)84-34-28-25-29-35-84)92-50-51-100(126-92)117(103-59-55-98(112)130-103)80-70-110(138-11)121(143-16)111(71-80)139-12;;/h19,24-29,32-59,62-72H,3,17-18,20-23,30-31,60-61H2,1-2,4-16H3;;/q-4;2*+2/b45-38+,81-72?,82-72?,86-73?,92-86?,112-95?,112-98?,113-96?,113-97?,114-91?,114-99?,115-93?,115-101?,116-94?,116-102?,117-100?,117-103?,123-73?,123-91?;;. The Morgan fingerprint density at radius 2 is 0.648 bits per heavy atom. The van der Waals surface area contributed by atoms with E-state index in [0.29, 0.717) is 181 Å². The van der Waals surface area contributed by atoms with Crippen molar-refractivity contribution in [3.8, 4) is 147 Å². The van der Waals surface area contributed by atoms with Crippen LogP contribution in [-0.4, -0.2) is 105 Å². The number of methoxy groups -OCH3 is 12. The van der Waals surface area contributed by atoms with Crippen LogP contribution in [0.15, 0.2) is 231 Å². The summed E-state index contributed by atoms with van der Waals surface area (Å²) in [6, 6.07) is 77.4. The summed E-state index contributed by atoms with van der Waals surface area (Å²) in [6.45, 7) is 11.1. The average molecular weight is 2110 g/mol. The number of hydrogen-bond donors (Lipinski definition) is 0. The third kappa shape index (κ3) is 19.6. The number of aryl methyl sites for hydroxylation is 1. The maximum Gasteiger partial charge on any atom is 2.00 e. The molecule has 0 amide bonds. The molecule has 0 spiro atoms. The fraction of sp³-hybridized carbons (Fsp3) is 0.213. The van der Waals surface area contributed by atoms with Gasteiger partial charge in [-0.25, -0.2) is 15.0 Å². The van der Waals surface area contributed by atoms with Crippen molar-refractivity contribution in [2.75, 3.05) is 90.2 Å². The number of nitrogens with zero attached hydrogens (tertiary/aromatic N) is 9. The smallest absolute Gasteiger partial charge is 0.657 e. The molecule has 0 radical (unpaired) electrons. The number of ether oxygens (including phenoxy) is 12. The summed E-state index contributed by atoms with van der Waals surface area (Å²) in [5.41, 5.74) is 28.4. The van der Waals surface area contributed by atoms with E-state index in [4.69, 9.17) is 96.7 Å². The Morgan fingerprint density at radius 3 is 1.03 bits per heavy atom. The molecular weight excluding hydrogens is 2000 g/mol. The summed E-state index contributed by atoms with van der Waals surface area (Å²) in [7, 11) is 19.4. The number of unbranched alkanes of at least 4 members (excludes halogenated alkanes) is 6. The van der Waals surface area contributed by atoms with Gasteiger partial charge in [-0.3, -0.25) is 4.98 Å². The minimum atomic E-state index is -0.561. The summed E-state index contributed by atoms with van der Waals surface area (Å²) >= 11 is 0. The van der Waals surface area contributed by atoms with Crippen LogP contribution in [0.1, 0.15) is 146 Å². The Morgan fingerprint density at radius 1 is 0.310 bits per heavy atom. The van der Waals surface area contributed by atoms with Crippen molar-refractivity contribution in [1.29, 1.82) is 0 Å². The zero-order chi connectivity index (χ0) is 99.1. The van der Waals surface area contributed by atoms with Gasteiger partial charge in [-0.2, -0.15) is 0 Å². The van der Waals surface area contributed by atoms with E-state index in [1.165, 1.54) is 11.1 Å². The topological polar surface area (TPSA) is 222 Å². The van der Waals surface area contributed by atoms with Crippen LogP contribution in [0.3, 0.4) is 0 Å². The largest absolute Gasteiger partial charge is 2.00 e. The molecule has 0 N–H and O–H groups in total. The van der Waals surface area contributed by atoms with E-state index in [2.05, 4.69) is 195 Å². The molecule has 14 bridgehead atoms. The second-order valence-electron chi connectivity index (χ2n) is 35.5. The van der Waals surface area contributed by atoms with Crippen molar-refractivity contribution in [1.82, 2.24) is 39.9 Å². The molecule has 0 saturated carbocycles. The minimum Gasteiger partial charge on any atom is -0.657 e. The van der Waals surface area contributed by atoms with Gasteiger partial charge in [-0.05, 0) is 260 Å². The molecule has 9 heterocycles. The number of hydrogen-bond acceptors (Lipinski definition) is 17. The van der Waals surface area contributed by atoms with Crippen molar-refractivity contribution in [3.63, 3.8) is 0 Å². The van der Waals surface area contributed by atoms with Gasteiger partial charge in [-0.15, -0.1) is 44.1 Å². The van der Waals surface area contributed by atoms with Crippen molar-refractivity contribution in [2.45, 2.75) is 90.4 Å². The molecule has 6 aromatic heterocycles. The summed E-state index contributed by atoms with van der Waals surface area (Å²) in [6.07, 6.45) is 28.3. The van der Waals surface area contributed by atoms with Crippen LogP contribution >= 0.6 is 0 Å². The van der Waals surface area contributed by atoms with E-state index in [9.17, 15) is 0 Å². The van der Waals surface area contributed by atoms with Gasteiger partial charge in [0.25, 0.3) is 0 Å². The fourth-order valence-corrected chi connectivity index (χ4v) is 20.6. The predicted molar refractivity (Wildman–Crippen MR) is 578 cm³/mol. The van der Waals surface area contributed by atoms with E-state index >= 15 is 0 Å². The van der Waals surface area contributed by atoms with Crippen LogP contribution in [0.2, 0.25) is 0 Å². The van der Waals surface area contributed by atoms with Crippen LogP contribution in [0.5, 0.6) is 69.0 Å². The van der Waals surface area contributed by atoms with E-state index in [-0.39, 0.29) is 40.8 Å².